The van der Waals surface area contributed by atoms with Gasteiger partial charge in [-0.05, 0) is 97.5 Å². The molecule has 1 aromatic heterocycles. The van der Waals surface area contributed by atoms with Gasteiger partial charge >= 0.3 is 5.97 Å². The van der Waals surface area contributed by atoms with E-state index < -0.39 is 17.0 Å². The van der Waals surface area contributed by atoms with Gasteiger partial charge in [0.1, 0.15) is 12.4 Å². The maximum Gasteiger partial charge on any atom is 0.311 e. The summed E-state index contributed by atoms with van der Waals surface area (Å²) in [4.78, 5) is 16.0. The molecule has 6 heteroatoms. The Labute approximate surface area is 210 Å². The van der Waals surface area contributed by atoms with Crippen LogP contribution >= 0.6 is 0 Å². The van der Waals surface area contributed by atoms with E-state index in [1.54, 1.807) is 12.3 Å². The molecule has 2 aromatic carbocycles. The monoisotopic (exact) mass is 487 g/mol. The number of pyridine rings is 1. The molecular formula is C30H30FNO4. The van der Waals surface area contributed by atoms with Crippen molar-refractivity contribution in [3.8, 4) is 17.0 Å². The van der Waals surface area contributed by atoms with Crippen molar-refractivity contribution in [3.63, 3.8) is 0 Å². The molecule has 0 saturated heterocycles. The third kappa shape index (κ3) is 3.38. The molecule has 186 valence electrons. The van der Waals surface area contributed by atoms with E-state index in [9.17, 15) is 19.4 Å². The molecule has 3 aromatic rings. The van der Waals surface area contributed by atoms with Crippen molar-refractivity contribution in [2.24, 2.45) is 11.3 Å². The normalized spacial score (nSPS) is 24.8. The number of halogens is 1. The fraction of sp³-hybridized carbons (Fsp3) is 0.400. The van der Waals surface area contributed by atoms with Gasteiger partial charge in [0.15, 0.2) is 0 Å². The van der Waals surface area contributed by atoms with E-state index >= 15 is 0 Å². The van der Waals surface area contributed by atoms with Crippen LogP contribution in [0.5, 0.6) is 5.88 Å². The average Bonchev–Trinajstić information content (AvgIpc) is 3.60. The van der Waals surface area contributed by atoms with Crippen LogP contribution < -0.4 is 4.74 Å². The zero-order valence-electron chi connectivity index (χ0n) is 20.9. The molecule has 0 aliphatic heterocycles. The van der Waals surface area contributed by atoms with Crippen LogP contribution in [0.1, 0.15) is 65.5 Å². The molecule has 7 rings (SSSR count). The predicted molar refractivity (Wildman–Crippen MR) is 134 cm³/mol. The van der Waals surface area contributed by atoms with Crippen molar-refractivity contribution < 1.29 is 24.1 Å². The Kier molecular flexibility index (Phi) is 4.91. The maximum absolute atomic E-state index is 14.7. The number of carboxylic acid groups (broad SMARTS) is 1. The van der Waals surface area contributed by atoms with Crippen molar-refractivity contribution in [1.82, 2.24) is 4.98 Å². The van der Waals surface area contributed by atoms with E-state index in [0.29, 0.717) is 17.9 Å². The van der Waals surface area contributed by atoms with Gasteiger partial charge in [-0.15, -0.1) is 0 Å². The van der Waals surface area contributed by atoms with Crippen LogP contribution in [0, 0.1) is 31.0 Å². The molecule has 0 amide bonds. The third-order valence-corrected chi connectivity index (χ3v) is 8.39. The van der Waals surface area contributed by atoms with Gasteiger partial charge in [-0.1, -0.05) is 18.2 Å². The van der Waals surface area contributed by atoms with Gasteiger partial charge in [0.2, 0.25) is 5.88 Å². The Bertz CT molecular complexity index is 1400. The molecule has 2 N–H and O–H groups in total. The zero-order chi connectivity index (χ0) is 25.6. The Morgan fingerprint density at radius 1 is 1.11 bits per heavy atom. The highest BCUT2D eigenvalue weighted by molar-refractivity contribution is 5.93. The van der Waals surface area contributed by atoms with Crippen LogP contribution in [-0.4, -0.2) is 26.8 Å². The van der Waals surface area contributed by atoms with Crippen molar-refractivity contribution >= 4 is 5.97 Å². The van der Waals surface area contributed by atoms with E-state index in [1.807, 2.05) is 26.0 Å². The third-order valence-electron chi connectivity index (χ3n) is 8.39. The summed E-state index contributed by atoms with van der Waals surface area (Å²) in [7, 11) is 0. The molecule has 4 aliphatic rings. The minimum Gasteiger partial charge on any atom is -0.481 e. The Balaban J connectivity index is 1.20. The first kappa shape index (κ1) is 23.2. The highest BCUT2D eigenvalue weighted by atomic mass is 19.1. The number of hydrogen-bond donors (Lipinski definition) is 2. The van der Waals surface area contributed by atoms with E-state index in [0.717, 1.165) is 39.8 Å². The summed E-state index contributed by atoms with van der Waals surface area (Å²) in [6, 6.07) is 11.2. The second-order valence-corrected chi connectivity index (χ2v) is 11.4. The van der Waals surface area contributed by atoms with Crippen molar-refractivity contribution in [2.45, 2.75) is 64.6 Å². The number of carbonyl (C=O) groups is 1. The molecule has 2 saturated carbocycles. The van der Waals surface area contributed by atoms with E-state index in [4.69, 9.17) is 4.74 Å². The molecule has 2 bridgehead atoms. The lowest BCUT2D eigenvalue weighted by molar-refractivity contribution is -0.141. The molecule has 0 spiro atoms. The lowest BCUT2D eigenvalue weighted by Gasteiger charge is -2.18. The van der Waals surface area contributed by atoms with E-state index in [2.05, 4.69) is 31.0 Å². The zero-order valence-corrected chi connectivity index (χ0v) is 20.9. The van der Waals surface area contributed by atoms with Gasteiger partial charge in [-0.3, -0.25) is 4.79 Å². The molecule has 1 heterocycles. The highest BCUT2D eigenvalue weighted by Crippen LogP contribution is 2.96. The molecule has 36 heavy (non-hydrogen) atoms. The van der Waals surface area contributed by atoms with Crippen LogP contribution in [0.4, 0.5) is 4.39 Å². The number of aliphatic hydroxyl groups is 1. The average molecular weight is 488 g/mol. The second kappa shape index (κ2) is 7.62. The van der Waals surface area contributed by atoms with Gasteiger partial charge in [0.25, 0.3) is 0 Å². The number of nitrogens with zero attached hydrogens (tertiary/aromatic N) is 1. The summed E-state index contributed by atoms with van der Waals surface area (Å²) >= 11 is 0. The molecule has 2 fully saturated rings. The first-order valence-corrected chi connectivity index (χ1v) is 12.5. The summed E-state index contributed by atoms with van der Waals surface area (Å²) < 4.78 is 20.6. The summed E-state index contributed by atoms with van der Waals surface area (Å²) in [5.41, 5.74) is 6.59. The minimum absolute atomic E-state index is 0.0365. The number of aromatic nitrogens is 1. The summed E-state index contributed by atoms with van der Waals surface area (Å²) in [6.07, 6.45) is 3.20. The van der Waals surface area contributed by atoms with Gasteiger partial charge < -0.3 is 14.9 Å². The molecule has 0 radical (unpaired) electrons. The van der Waals surface area contributed by atoms with Crippen LogP contribution in [0.25, 0.3) is 11.1 Å². The molecular weight excluding hydrogens is 457 g/mol. The molecule has 1 unspecified atom stereocenters. The van der Waals surface area contributed by atoms with Crippen LogP contribution in [0.15, 0.2) is 42.6 Å². The van der Waals surface area contributed by atoms with Crippen LogP contribution in [0.2, 0.25) is 0 Å². The van der Waals surface area contributed by atoms with Gasteiger partial charge in [0.05, 0.1) is 11.0 Å². The minimum atomic E-state index is -0.712. The van der Waals surface area contributed by atoms with Crippen molar-refractivity contribution in [3.05, 3.63) is 81.8 Å². The highest BCUT2D eigenvalue weighted by Gasteiger charge is 2.95. The number of hydrogen-bond acceptors (Lipinski definition) is 4. The van der Waals surface area contributed by atoms with Gasteiger partial charge in [-0.2, -0.15) is 0 Å². The topological polar surface area (TPSA) is 79.7 Å². The van der Waals surface area contributed by atoms with Crippen LogP contribution in [-0.2, 0) is 17.8 Å². The lowest BCUT2D eigenvalue weighted by Crippen LogP contribution is -2.19. The summed E-state index contributed by atoms with van der Waals surface area (Å²) in [6.45, 7) is 7.78. The predicted octanol–water partition coefficient (Wildman–Crippen LogP) is 5.68. The summed E-state index contributed by atoms with van der Waals surface area (Å²) in [5.74, 6) is -0.236. The quantitative estimate of drug-likeness (QED) is 0.427. The number of aryl methyl sites for hydroxylation is 3. The lowest BCUT2D eigenvalue weighted by atomic mass is 9.90. The standard InChI is InChI=1S/C30H30FNO4/c1-15-9-17(7-8-29(3,4)35)10-16(2)24(15)18-5-6-22(31)19(11-18)14-36-23-12-20-21(13-32-23)26-27-25(20)30(26,27)28(33)34/h5-6,9-13,25-27,35H,7-8,14H2,1-4H3,(H,33,34)/t25?,26-,27+,30+/m0/s1. The molecule has 4 aliphatic carbocycles. The number of benzene rings is 2. The maximum atomic E-state index is 14.7. The molecule has 5 nitrogen and oxygen atoms in total. The van der Waals surface area contributed by atoms with Crippen molar-refractivity contribution in [1.29, 1.82) is 0 Å². The smallest absolute Gasteiger partial charge is 0.311 e. The van der Waals surface area contributed by atoms with Gasteiger partial charge in [0, 0.05) is 29.7 Å². The van der Waals surface area contributed by atoms with Crippen LogP contribution in [0.3, 0.4) is 0 Å². The van der Waals surface area contributed by atoms with Gasteiger partial charge in [-0.25, -0.2) is 9.37 Å². The number of rotatable bonds is 8. The van der Waals surface area contributed by atoms with E-state index in [-0.39, 0.29) is 30.2 Å². The first-order chi connectivity index (χ1) is 17.0. The second-order valence-electron chi connectivity index (χ2n) is 11.4. The number of aliphatic carboxylic acids is 1. The largest absolute Gasteiger partial charge is 0.481 e. The Morgan fingerprint density at radius 3 is 2.44 bits per heavy atom. The fourth-order valence-electron chi connectivity index (χ4n) is 6.61. The fourth-order valence-corrected chi connectivity index (χ4v) is 6.61. The Hall–Kier alpha value is -3.25. The van der Waals surface area contributed by atoms with E-state index in [1.165, 1.54) is 11.6 Å². The number of ether oxygens (including phenoxy) is 1. The first-order valence-electron chi connectivity index (χ1n) is 12.5. The number of carboxylic acids is 1. The summed E-state index contributed by atoms with van der Waals surface area (Å²) in [5, 5.41) is 19.6. The van der Waals surface area contributed by atoms with Crippen molar-refractivity contribution in [2.75, 3.05) is 0 Å². The molecule has 4 atom stereocenters. The SMILES string of the molecule is Cc1cc(CCC(C)(C)O)cc(C)c1-c1ccc(F)c(COc2cc3c(cn2)[C@H]2[C@H]4C3[C@]42C(=O)O)c1. The Morgan fingerprint density at radius 2 is 1.81 bits per heavy atom.